The highest BCUT2D eigenvalue weighted by Gasteiger charge is 2.22. The number of aryl methyl sites for hydroxylation is 1. The zero-order chi connectivity index (χ0) is 20.4. The quantitative estimate of drug-likeness (QED) is 0.815. The number of rotatable bonds is 5. The molecule has 1 fully saturated rings. The van der Waals surface area contributed by atoms with E-state index < -0.39 is 0 Å². The van der Waals surface area contributed by atoms with Crippen LogP contribution in [0.1, 0.15) is 105 Å². The van der Waals surface area contributed by atoms with Crippen molar-refractivity contribution in [2.24, 2.45) is 7.05 Å². The Morgan fingerprint density at radius 3 is 2.00 bits per heavy atom. The van der Waals surface area contributed by atoms with Crippen LogP contribution in [-0.2, 0) is 7.05 Å². The first-order chi connectivity index (χ1) is 13.6. The van der Waals surface area contributed by atoms with Gasteiger partial charge in [0.05, 0.1) is 0 Å². The van der Waals surface area contributed by atoms with Crippen LogP contribution in [0.25, 0.3) is 0 Å². The van der Waals surface area contributed by atoms with Gasteiger partial charge in [0.1, 0.15) is 5.69 Å². The van der Waals surface area contributed by atoms with Gasteiger partial charge in [-0.15, -0.1) is 0 Å². The molecule has 1 aliphatic rings. The second kappa shape index (κ2) is 11.9. The predicted octanol–water partition coefficient (Wildman–Crippen LogP) is 4.31. The Hall–Kier alpha value is -1.85. The maximum Gasteiger partial charge on any atom is 0.274 e. The standard InChI is InChI=1S/C22H38N4O2/c1-4-26(5-2)22(28)19-17-20(25(3)24-19)21(27)23-18-15-13-11-9-7-6-8-10-12-14-16-18/h17-18H,4-16H2,1-3H3,(H,23,27). The highest BCUT2D eigenvalue weighted by Crippen LogP contribution is 2.17. The van der Waals surface area contributed by atoms with Crippen LogP contribution >= 0.6 is 0 Å². The smallest absolute Gasteiger partial charge is 0.274 e. The summed E-state index contributed by atoms with van der Waals surface area (Å²) < 4.78 is 1.53. The van der Waals surface area contributed by atoms with E-state index in [0.717, 1.165) is 12.8 Å². The monoisotopic (exact) mass is 390 g/mol. The Kier molecular flexibility index (Phi) is 9.51. The summed E-state index contributed by atoms with van der Waals surface area (Å²) in [7, 11) is 1.73. The molecule has 6 nitrogen and oxygen atoms in total. The summed E-state index contributed by atoms with van der Waals surface area (Å²) >= 11 is 0. The third kappa shape index (κ3) is 6.64. The van der Waals surface area contributed by atoms with Crippen molar-refractivity contribution in [3.05, 3.63) is 17.5 Å². The highest BCUT2D eigenvalue weighted by atomic mass is 16.2. The molecule has 0 aromatic carbocycles. The lowest BCUT2D eigenvalue weighted by Gasteiger charge is -2.19. The third-order valence-corrected chi connectivity index (χ3v) is 5.82. The van der Waals surface area contributed by atoms with Gasteiger partial charge in [0.15, 0.2) is 5.69 Å². The first kappa shape index (κ1) is 22.4. The molecule has 2 rings (SSSR count). The Labute approximate surface area is 170 Å². The number of nitrogens with one attached hydrogen (secondary N) is 1. The lowest BCUT2D eigenvalue weighted by Crippen LogP contribution is -2.36. The normalized spacial score (nSPS) is 17.4. The Bertz CT molecular complexity index is 610. The van der Waals surface area contributed by atoms with Crippen molar-refractivity contribution < 1.29 is 9.59 Å². The van der Waals surface area contributed by atoms with Crippen molar-refractivity contribution in [2.75, 3.05) is 13.1 Å². The number of carbonyl (C=O) groups excluding carboxylic acids is 2. The highest BCUT2D eigenvalue weighted by molar-refractivity contribution is 5.98. The molecule has 0 spiro atoms. The Balaban J connectivity index is 2.00. The molecule has 28 heavy (non-hydrogen) atoms. The molecular formula is C22H38N4O2. The molecule has 1 aliphatic carbocycles. The summed E-state index contributed by atoms with van der Waals surface area (Å²) in [4.78, 5) is 27.1. The number of hydrogen-bond acceptors (Lipinski definition) is 3. The zero-order valence-corrected chi connectivity index (χ0v) is 18.0. The number of amides is 2. The molecule has 1 saturated carbocycles. The van der Waals surface area contributed by atoms with Gasteiger partial charge < -0.3 is 10.2 Å². The van der Waals surface area contributed by atoms with Gasteiger partial charge in [0.2, 0.25) is 0 Å². The number of carbonyl (C=O) groups is 2. The van der Waals surface area contributed by atoms with E-state index in [-0.39, 0.29) is 17.9 Å². The summed E-state index contributed by atoms with van der Waals surface area (Å²) in [6.07, 6.45) is 13.6. The lowest BCUT2D eigenvalue weighted by atomic mass is 9.98. The van der Waals surface area contributed by atoms with Gasteiger partial charge in [-0.25, -0.2) is 0 Å². The molecule has 6 heteroatoms. The number of hydrogen-bond donors (Lipinski definition) is 1. The second-order valence-corrected chi connectivity index (χ2v) is 7.95. The summed E-state index contributed by atoms with van der Waals surface area (Å²) in [6, 6.07) is 1.84. The van der Waals surface area contributed by atoms with Gasteiger partial charge in [-0.3, -0.25) is 14.3 Å². The van der Waals surface area contributed by atoms with Crippen molar-refractivity contribution in [1.29, 1.82) is 0 Å². The summed E-state index contributed by atoms with van der Waals surface area (Å²) in [5.41, 5.74) is 0.802. The zero-order valence-electron chi connectivity index (χ0n) is 18.0. The maximum absolute atomic E-state index is 12.9. The maximum atomic E-state index is 12.9. The largest absolute Gasteiger partial charge is 0.348 e. The van der Waals surface area contributed by atoms with Gasteiger partial charge in [0.25, 0.3) is 11.8 Å². The van der Waals surface area contributed by atoms with E-state index in [1.54, 1.807) is 18.0 Å². The fourth-order valence-electron chi connectivity index (χ4n) is 4.02. The average molecular weight is 391 g/mol. The van der Waals surface area contributed by atoms with Gasteiger partial charge >= 0.3 is 0 Å². The molecule has 0 radical (unpaired) electrons. The molecule has 0 aliphatic heterocycles. The minimum Gasteiger partial charge on any atom is -0.348 e. The van der Waals surface area contributed by atoms with Crippen LogP contribution in [0.5, 0.6) is 0 Å². The van der Waals surface area contributed by atoms with E-state index in [1.165, 1.54) is 62.5 Å². The summed E-state index contributed by atoms with van der Waals surface area (Å²) in [5.74, 6) is -0.239. The van der Waals surface area contributed by atoms with Gasteiger partial charge in [-0.2, -0.15) is 5.10 Å². The van der Waals surface area contributed by atoms with Crippen molar-refractivity contribution in [3.8, 4) is 0 Å². The van der Waals surface area contributed by atoms with Crippen LogP contribution in [0.4, 0.5) is 0 Å². The summed E-state index contributed by atoms with van der Waals surface area (Å²) in [5, 5.41) is 7.50. The van der Waals surface area contributed by atoms with E-state index in [4.69, 9.17) is 0 Å². The first-order valence-electron chi connectivity index (χ1n) is 11.2. The fraction of sp³-hybridized carbons (Fsp3) is 0.773. The van der Waals surface area contributed by atoms with Crippen LogP contribution < -0.4 is 5.32 Å². The van der Waals surface area contributed by atoms with Crippen molar-refractivity contribution in [1.82, 2.24) is 20.0 Å². The molecule has 0 atom stereocenters. The van der Waals surface area contributed by atoms with Crippen LogP contribution in [-0.4, -0.2) is 45.6 Å². The molecule has 1 aromatic heterocycles. The third-order valence-electron chi connectivity index (χ3n) is 5.82. The topological polar surface area (TPSA) is 67.2 Å². The van der Waals surface area contributed by atoms with E-state index in [0.29, 0.717) is 24.5 Å². The molecule has 1 heterocycles. The molecule has 1 N–H and O–H groups in total. The van der Waals surface area contributed by atoms with Crippen LogP contribution in [0.15, 0.2) is 6.07 Å². The van der Waals surface area contributed by atoms with Crippen LogP contribution in [0.2, 0.25) is 0 Å². The van der Waals surface area contributed by atoms with Gasteiger partial charge in [0, 0.05) is 32.2 Å². The van der Waals surface area contributed by atoms with Crippen LogP contribution in [0.3, 0.4) is 0 Å². The molecule has 0 bridgehead atoms. The SMILES string of the molecule is CCN(CC)C(=O)c1cc(C(=O)NC2CCCCCCCCCCC2)n(C)n1. The lowest BCUT2D eigenvalue weighted by molar-refractivity contribution is 0.0766. The Morgan fingerprint density at radius 1 is 1.00 bits per heavy atom. The van der Waals surface area contributed by atoms with Crippen LogP contribution in [0, 0.1) is 0 Å². The minimum atomic E-state index is -0.120. The van der Waals surface area contributed by atoms with E-state index >= 15 is 0 Å². The molecule has 0 saturated heterocycles. The van der Waals surface area contributed by atoms with E-state index in [9.17, 15) is 9.59 Å². The Morgan fingerprint density at radius 2 is 1.50 bits per heavy atom. The number of aromatic nitrogens is 2. The van der Waals surface area contributed by atoms with E-state index in [2.05, 4.69) is 10.4 Å². The van der Waals surface area contributed by atoms with Gasteiger partial charge in [-0.05, 0) is 26.7 Å². The fourth-order valence-corrected chi connectivity index (χ4v) is 4.02. The van der Waals surface area contributed by atoms with Gasteiger partial charge in [-0.1, -0.05) is 57.8 Å². The number of nitrogens with zero attached hydrogens (tertiary/aromatic N) is 3. The molecular weight excluding hydrogens is 352 g/mol. The molecule has 2 amide bonds. The van der Waals surface area contributed by atoms with Crippen molar-refractivity contribution in [2.45, 2.75) is 90.5 Å². The van der Waals surface area contributed by atoms with Crippen molar-refractivity contribution in [3.63, 3.8) is 0 Å². The van der Waals surface area contributed by atoms with Crippen molar-refractivity contribution >= 4 is 11.8 Å². The second-order valence-electron chi connectivity index (χ2n) is 7.95. The van der Waals surface area contributed by atoms with E-state index in [1.807, 2.05) is 13.8 Å². The minimum absolute atomic E-state index is 0.120. The first-order valence-corrected chi connectivity index (χ1v) is 11.2. The molecule has 158 valence electrons. The average Bonchev–Trinajstić information content (AvgIpc) is 3.06. The summed E-state index contributed by atoms with van der Waals surface area (Å²) in [6.45, 7) is 5.16. The molecule has 0 unspecified atom stereocenters. The molecule has 1 aromatic rings. The predicted molar refractivity (Wildman–Crippen MR) is 113 cm³/mol.